The fraction of sp³-hybridized carbons (Fsp3) is 0.0667. The van der Waals surface area contributed by atoms with Gasteiger partial charge in [0.15, 0.2) is 0 Å². The zero-order chi connectivity index (χ0) is 13.9. The Morgan fingerprint density at radius 1 is 1.20 bits per heavy atom. The van der Waals surface area contributed by atoms with Crippen molar-refractivity contribution in [3.63, 3.8) is 0 Å². The van der Waals surface area contributed by atoms with E-state index < -0.39 is 0 Å². The molecule has 0 saturated heterocycles. The maximum Gasteiger partial charge on any atom is 0.250 e. The fourth-order valence-corrected chi connectivity index (χ4v) is 2.09. The zero-order valence-electron chi connectivity index (χ0n) is 10.5. The lowest BCUT2D eigenvalue weighted by Crippen LogP contribution is -2.18. The van der Waals surface area contributed by atoms with E-state index in [2.05, 4.69) is 4.98 Å². The molecule has 0 unspecified atom stereocenters. The number of aromatic nitrogens is 2. The molecule has 0 saturated carbocycles. The van der Waals surface area contributed by atoms with Crippen molar-refractivity contribution in [1.82, 2.24) is 9.55 Å². The van der Waals surface area contributed by atoms with E-state index in [1.807, 2.05) is 12.1 Å². The van der Waals surface area contributed by atoms with Gasteiger partial charge in [-0.3, -0.25) is 4.79 Å². The molecule has 0 aliphatic rings. The van der Waals surface area contributed by atoms with Gasteiger partial charge >= 0.3 is 0 Å². The number of pyridine rings is 1. The predicted molar refractivity (Wildman–Crippen MR) is 76.8 cm³/mol. The number of oxazole rings is 1. The summed E-state index contributed by atoms with van der Waals surface area (Å²) in [6.45, 7) is 0.379. The highest BCUT2D eigenvalue weighted by Crippen LogP contribution is 2.22. The Bertz CT molecular complexity index is 792. The van der Waals surface area contributed by atoms with Crippen LogP contribution in [0.15, 0.2) is 64.1 Å². The van der Waals surface area contributed by atoms with Gasteiger partial charge in [0, 0.05) is 22.8 Å². The summed E-state index contributed by atoms with van der Waals surface area (Å²) in [5.41, 5.74) is 1.43. The maximum atomic E-state index is 11.6. The predicted octanol–water partition coefficient (Wildman–Crippen LogP) is 3.21. The maximum absolute atomic E-state index is 11.6. The second kappa shape index (κ2) is 5.35. The third-order valence-electron chi connectivity index (χ3n) is 2.85. The fourth-order valence-electron chi connectivity index (χ4n) is 1.90. The summed E-state index contributed by atoms with van der Waals surface area (Å²) in [7, 11) is 0. The first-order chi connectivity index (χ1) is 9.72. The largest absolute Gasteiger partial charge is 0.444 e. The molecule has 0 N–H and O–H groups in total. The molecule has 100 valence electrons. The van der Waals surface area contributed by atoms with Crippen molar-refractivity contribution in [2.75, 3.05) is 0 Å². The molecule has 0 aliphatic carbocycles. The molecular formula is C15H11ClN2O2. The minimum Gasteiger partial charge on any atom is -0.444 e. The van der Waals surface area contributed by atoms with Gasteiger partial charge in [-0.05, 0) is 24.3 Å². The molecule has 0 fully saturated rings. The zero-order valence-corrected chi connectivity index (χ0v) is 11.2. The molecule has 0 aliphatic heterocycles. The van der Waals surface area contributed by atoms with E-state index in [1.165, 1.54) is 6.07 Å². The summed E-state index contributed by atoms with van der Waals surface area (Å²) < 4.78 is 7.00. The first-order valence-electron chi connectivity index (χ1n) is 6.08. The van der Waals surface area contributed by atoms with E-state index in [-0.39, 0.29) is 5.56 Å². The molecule has 5 heteroatoms. The Morgan fingerprint density at radius 3 is 2.90 bits per heavy atom. The lowest BCUT2D eigenvalue weighted by molar-refractivity contribution is 0.571. The van der Waals surface area contributed by atoms with Crippen LogP contribution >= 0.6 is 11.6 Å². The molecule has 0 amide bonds. The van der Waals surface area contributed by atoms with Crippen molar-refractivity contribution >= 4 is 11.6 Å². The minimum atomic E-state index is -0.0696. The van der Waals surface area contributed by atoms with Gasteiger partial charge in [-0.1, -0.05) is 23.7 Å². The van der Waals surface area contributed by atoms with Gasteiger partial charge in [-0.2, -0.15) is 0 Å². The van der Waals surface area contributed by atoms with E-state index in [9.17, 15) is 4.79 Å². The minimum absolute atomic E-state index is 0.0696. The smallest absolute Gasteiger partial charge is 0.250 e. The second-order valence-electron chi connectivity index (χ2n) is 4.32. The van der Waals surface area contributed by atoms with Gasteiger partial charge in [-0.25, -0.2) is 4.98 Å². The van der Waals surface area contributed by atoms with Crippen LogP contribution < -0.4 is 5.56 Å². The third-order valence-corrected chi connectivity index (χ3v) is 3.09. The molecule has 3 aromatic rings. The van der Waals surface area contributed by atoms with Crippen molar-refractivity contribution in [2.45, 2.75) is 6.54 Å². The number of rotatable bonds is 3. The Hall–Kier alpha value is -2.33. The summed E-state index contributed by atoms with van der Waals surface area (Å²) >= 11 is 5.94. The number of halogens is 1. The van der Waals surface area contributed by atoms with Crippen LogP contribution in [0, 0.1) is 0 Å². The standard InChI is InChI=1S/C15H11ClN2O2/c16-12-5-3-4-11(8-12)15-17-13(10-20-15)9-18-7-2-1-6-14(18)19/h1-8,10H,9H2. The summed E-state index contributed by atoms with van der Waals surface area (Å²) in [4.78, 5) is 16.0. The quantitative estimate of drug-likeness (QED) is 0.743. The molecule has 20 heavy (non-hydrogen) atoms. The highest BCUT2D eigenvalue weighted by atomic mass is 35.5. The van der Waals surface area contributed by atoms with Crippen molar-refractivity contribution in [1.29, 1.82) is 0 Å². The molecule has 0 spiro atoms. The first kappa shape index (κ1) is 12.7. The van der Waals surface area contributed by atoms with Crippen molar-refractivity contribution in [2.24, 2.45) is 0 Å². The normalized spacial score (nSPS) is 10.7. The van der Waals surface area contributed by atoms with Gasteiger partial charge in [0.2, 0.25) is 5.89 Å². The van der Waals surface area contributed by atoms with Crippen LogP contribution in [0.3, 0.4) is 0 Å². The van der Waals surface area contributed by atoms with Crippen LogP contribution in [0.4, 0.5) is 0 Å². The van der Waals surface area contributed by atoms with Crippen LogP contribution in [0.25, 0.3) is 11.5 Å². The summed E-state index contributed by atoms with van der Waals surface area (Å²) in [6.07, 6.45) is 3.27. The van der Waals surface area contributed by atoms with E-state index >= 15 is 0 Å². The van der Waals surface area contributed by atoms with E-state index in [0.29, 0.717) is 23.2 Å². The Balaban J connectivity index is 1.88. The molecule has 2 aromatic heterocycles. The van der Waals surface area contributed by atoms with Crippen LogP contribution in [0.1, 0.15) is 5.69 Å². The van der Waals surface area contributed by atoms with Crippen LogP contribution in [-0.2, 0) is 6.54 Å². The van der Waals surface area contributed by atoms with Crippen LogP contribution in [-0.4, -0.2) is 9.55 Å². The van der Waals surface area contributed by atoms with Gasteiger partial charge in [0.25, 0.3) is 5.56 Å². The SMILES string of the molecule is O=c1ccccn1Cc1coc(-c2cccc(Cl)c2)n1. The Morgan fingerprint density at radius 2 is 2.10 bits per heavy atom. The Labute approximate surface area is 120 Å². The number of nitrogens with zero attached hydrogens (tertiary/aromatic N) is 2. The van der Waals surface area contributed by atoms with E-state index in [1.54, 1.807) is 41.3 Å². The highest BCUT2D eigenvalue weighted by Gasteiger charge is 2.08. The summed E-state index contributed by atoms with van der Waals surface area (Å²) in [5.74, 6) is 0.492. The lowest BCUT2D eigenvalue weighted by Gasteiger charge is -2.00. The molecule has 0 radical (unpaired) electrons. The van der Waals surface area contributed by atoms with Gasteiger partial charge in [-0.15, -0.1) is 0 Å². The molecule has 1 aromatic carbocycles. The summed E-state index contributed by atoms with van der Waals surface area (Å²) in [5, 5.41) is 0.626. The first-order valence-corrected chi connectivity index (χ1v) is 6.46. The van der Waals surface area contributed by atoms with Gasteiger partial charge < -0.3 is 8.98 Å². The van der Waals surface area contributed by atoms with E-state index in [0.717, 1.165) is 5.56 Å². The molecule has 3 rings (SSSR count). The number of hydrogen-bond acceptors (Lipinski definition) is 3. The molecule has 0 atom stereocenters. The van der Waals surface area contributed by atoms with Crippen molar-refractivity contribution in [3.8, 4) is 11.5 Å². The van der Waals surface area contributed by atoms with Crippen molar-refractivity contribution in [3.05, 3.63) is 76.0 Å². The Kier molecular flexibility index (Phi) is 3.39. The van der Waals surface area contributed by atoms with E-state index in [4.69, 9.17) is 16.0 Å². The second-order valence-corrected chi connectivity index (χ2v) is 4.76. The van der Waals surface area contributed by atoms with Gasteiger partial charge in [0.1, 0.15) is 6.26 Å². The molecule has 4 nitrogen and oxygen atoms in total. The topological polar surface area (TPSA) is 48.0 Å². The molecule has 0 bridgehead atoms. The average molecular weight is 287 g/mol. The summed E-state index contributed by atoms with van der Waals surface area (Å²) in [6, 6.07) is 12.3. The van der Waals surface area contributed by atoms with Crippen LogP contribution in [0.2, 0.25) is 5.02 Å². The van der Waals surface area contributed by atoms with Gasteiger partial charge in [0.05, 0.1) is 12.2 Å². The monoisotopic (exact) mass is 286 g/mol. The average Bonchev–Trinajstić information content (AvgIpc) is 2.90. The number of benzene rings is 1. The van der Waals surface area contributed by atoms with Crippen LogP contribution in [0.5, 0.6) is 0 Å². The lowest BCUT2D eigenvalue weighted by atomic mass is 10.2. The molecular weight excluding hydrogens is 276 g/mol. The third kappa shape index (κ3) is 2.65. The van der Waals surface area contributed by atoms with Crippen molar-refractivity contribution < 1.29 is 4.42 Å². The number of hydrogen-bond donors (Lipinski definition) is 0. The molecule has 2 heterocycles. The highest BCUT2D eigenvalue weighted by molar-refractivity contribution is 6.30.